The molecule has 1 aromatic heterocycles. The molecule has 0 aromatic carbocycles. The number of nitrogens with zero attached hydrogens (tertiary/aromatic N) is 2. The molecule has 2 rings (SSSR count). The molecule has 0 unspecified atom stereocenters. The third-order valence-corrected chi connectivity index (χ3v) is 4.86. The maximum atomic E-state index is 12.6. The number of amides is 1. The van der Waals surface area contributed by atoms with Crippen LogP contribution >= 0.6 is 0 Å². The highest BCUT2D eigenvalue weighted by Crippen LogP contribution is 2.32. The van der Waals surface area contributed by atoms with Crippen molar-refractivity contribution in [2.24, 2.45) is 18.9 Å². The minimum atomic E-state index is -0.454. The van der Waals surface area contributed by atoms with Crippen LogP contribution in [0.3, 0.4) is 0 Å². The van der Waals surface area contributed by atoms with Gasteiger partial charge < -0.3 is 10.1 Å². The molecule has 24 heavy (non-hydrogen) atoms. The zero-order valence-corrected chi connectivity index (χ0v) is 15.0. The fourth-order valence-electron chi connectivity index (χ4n) is 3.37. The zero-order chi connectivity index (χ0) is 17.5. The van der Waals surface area contributed by atoms with E-state index in [1.807, 2.05) is 0 Å². The number of aryl methyl sites for hydroxylation is 1. The summed E-state index contributed by atoms with van der Waals surface area (Å²) in [5.41, 5.74) is 0.310. The molecule has 0 atom stereocenters. The van der Waals surface area contributed by atoms with Gasteiger partial charge >= 0.3 is 5.97 Å². The van der Waals surface area contributed by atoms with E-state index in [0.717, 1.165) is 31.6 Å². The van der Waals surface area contributed by atoms with Gasteiger partial charge in [-0.2, -0.15) is 5.10 Å². The van der Waals surface area contributed by atoms with Crippen LogP contribution in [0, 0.1) is 11.8 Å². The molecule has 6 heteroatoms. The molecule has 1 saturated carbocycles. The third kappa shape index (κ3) is 4.58. The van der Waals surface area contributed by atoms with Crippen molar-refractivity contribution in [1.29, 1.82) is 0 Å². The van der Waals surface area contributed by atoms with Crippen molar-refractivity contribution in [3.05, 3.63) is 11.8 Å². The Labute approximate surface area is 143 Å². The molecule has 0 radical (unpaired) electrons. The first-order chi connectivity index (χ1) is 11.6. The predicted molar refractivity (Wildman–Crippen MR) is 92.8 cm³/mol. The zero-order valence-electron chi connectivity index (χ0n) is 15.0. The molecule has 0 saturated heterocycles. The number of aromatic nitrogens is 2. The Kier molecular flexibility index (Phi) is 6.82. The summed E-state index contributed by atoms with van der Waals surface area (Å²) in [5, 5.41) is 6.95. The summed E-state index contributed by atoms with van der Waals surface area (Å²) in [5.74, 6) is 0.738. The monoisotopic (exact) mass is 335 g/mol. The molecule has 6 nitrogen and oxygen atoms in total. The summed E-state index contributed by atoms with van der Waals surface area (Å²) < 4.78 is 6.53. The van der Waals surface area contributed by atoms with E-state index in [2.05, 4.69) is 17.3 Å². The summed E-state index contributed by atoms with van der Waals surface area (Å²) in [6.45, 7) is 4.26. The molecule has 134 valence electrons. The lowest BCUT2D eigenvalue weighted by Crippen LogP contribution is -2.28. The van der Waals surface area contributed by atoms with Crippen LogP contribution in [0.1, 0.15) is 69.2 Å². The summed E-state index contributed by atoms with van der Waals surface area (Å²) in [6, 6.07) is 0. The van der Waals surface area contributed by atoms with Crippen molar-refractivity contribution >= 4 is 17.7 Å². The second kappa shape index (κ2) is 8.85. The third-order valence-electron chi connectivity index (χ3n) is 4.86. The minimum Gasteiger partial charge on any atom is -0.462 e. The quantitative estimate of drug-likeness (QED) is 0.774. The van der Waals surface area contributed by atoms with Gasteiger partial charge in [0.2, 0.25) is 5.91 Å². The average molecular weight is 335 g/mol. The van der Waals surface area contributed by atoms with E-state index in [1.54, 1.807) is 14.0 Å². The standard InChI is InChI=1S/C18H29N3O3/c1-4-6-7-13-8-10-14(11-9-13)17(22)20-16-15(12-19-21(16)3)18(23)24-5-2/h12-14H,4-11H2,1-3H3,(H,20,22). The van der Waals surface area contributed by atoms with Gasteiger partial charge in [-0.3, -0.25) is 9.48 Å². The Morgan fingerprint density at radius 3 is 2.62 bits per heavy atom. The number of hydrogen-bond acceptors (Lipinski definition) is 4. The van der Waals surface area contributed by atoms with E-state index < -0.39 is 5.97 Å². The number of carbonyl (C=O) groups excluding carboxylic acids is 2. The molecule has 1 heterocycles. The van der Waals surface area contributed by atoms with Gasteiger partial charge in [0.1, 0.15) is 11.4 Å². The molecule has 1 aliphatic carbocycles. The molecule has 1 aromatic rings. The van der Waals surface area contributed by atoms with E-state index in [1.165, 1.54) is 30.1 Å². The maximum absolute atomic E-state index is 12.6. The van der Waals surface area contributed by atoms with Crippen LogP contribution < -0.4 is 5.32 Å². The number of esters is 1. The number of nitrogens with one attached hydrogen (secondary N) is 1. The fourth-order valence-corrected chi connectivity index (χ4v) is 3.37. The van der Waals surface area contributed by atoms with Crippen molar-refractivity contribution in [2.75, 3.05) is 11.9 Å². The number of anilines is 1. The number of rotatable bonds is 7. The molecular formula is C18H29N3O3. The van der Waals surface area contributed by atoms with E-state index in [0.29, 0.717) is 18.0 Å². The number of ether oxygens (including phenoxy) is 1. The summed E-state index contributed by atoms with van der Waals surface area (Å²) in [4.78, 5) is 24.5. The topological polar surface area (TPSA) is 73.2 Å². The molecule has 0 spiro atoms. The van der Waals surface area contributed by atoms with Crippen LogP contribution in [0.15, 0.2) is 6.20 Å². The predicted octanol–water partition coefficient (Wildman–Crippen LogP) is 3.53. The van der Waals surface area contributed by atoms with Crippen LogP contribution in [0.2, 0.25) is 0 Å². The second-order valence-corrected chi connectivity index (χ2v) is 6.60. The summed E-state index contributed by atoms with van der Waals surface area (Å²) in [6.07, 6.45) is 9.31. The second-order valence-electron chi connectivity index (χ2n) is 6.60. The lowest BCUT2D eigenvalue weighted by Gasteiger charge is -2.27. The van der Waals surface area contributed by atoms with Gasteiger partial charge in [-0.25, -0.2) is 4.79 Å². The van der Waals surface area contributed by atoms with Gasteiger partial charge in [0.05, 0.1) is 12.8 Å². The van der Waals surface area contributed by atoms with Gasteiger partial charge in [-0.15, -0.1) is 0 Å². The lowest BCUT2D eigenvalue weighted by molar-refractivity contribution is -0.121. The van der Waals surface area contributed by atoms with Crippen molar-refractivity contribution in [3.8, 4) is 0 Å². The van der Waals surface area contributed by atoms with Crippen LogP contribution in [0.25, 0.3) is 0 Å². The van der Waals surface area contributed by atoms with Gasteiger partial charge in [0.15, 0.2) is 0 Å². The largest absolute Gasteiger partial charge is 0.462 e. The van der Waals surface area contributed by atoms with Crippen molar-refractivity contribution in [1.82, 2.24) is 9.78 Å². The molecule has 1 N–H and O–H groups in total. The highest BCUT2D eigenvalue weighted by Gasteiger charge is 2.28. The minimum absolute atomic E-state index is 0.0157. The highest BCUT2D eigenvalue weighted by atomic mass is 16.5. The summed E-state index contributed by atoms with van der Waals surface area (Å²) >= 11 is 0. The van der Waals surface area contributed by atoms with Gasteiger partial charge in [-0.1, -0.05) is 26.2 Å². The van der Waals surface area contributed by atoms with E-state index in [-0.39, 0.29) is 11.8 Å². The van der Waals surface area contributed by atoms with Gasteiger partial charge in [-0.05, 0) is 38.5 Å². The SMILES string of the molecule is CCCCC1CCC(C(=O)Nc2c(C(=O)OCC)cnn2C)CC1. The molecule has 1 amide bonds. The highest BCUT2D eigenvalue weighted by molar-refractivity contribution is 6.00. The van der Waals surface area contributed by atoms with E-state index in [9.17, 15) is 9.59 Å². The fraction of sp³-hybridized carbons (Fsp3) is 0.722. The smallest absolute Gasteiger partial charge is 0.343 e. The molecule has 1 aliphatic rings. The Morgan fingerprint density at radius 2 is 2.00 bits per heavy atom. The molecule has 0 bridgehead atoms. The van der Waals surface area contributed by atoms with Crippen molar-refractivity contribution < 1.29 is 14.3 Å². The Morgan fingerprint density at radius 1 is 1.29 bits per heavy atom. The average Bonchev–Trinajstić information content (AvgIpc) is 2.94. The Hall–Kier alpha value is -1.85. The van der Waals surface area contributed by atoms with Crippen LogP contribution in [0.4, 0.5) is 5.82 Å². The van der Waals surface area contributed by atoms with Gasteiger partial charge in [0.25, 0.3) is 0 Å². The lowest BCUT2D eigenvalue weighted by atomic mass is 9.79. The van der Waals surface area contributed by atoms with Crippen LogP contribution in [-0.4, -0.2) is 28.3 Å². The first-order valence-electron chi connectivity index (χ1n) is 9.06. The normalized spacial score (nSPS) is 20.6. The number of carbonyl (C=O) groups is 2. The number of hydrogen-bond donors (Lipinski definition) is 1. The first-order valence-corrected chi connectivity index (χ1v) is 9.06. The molecular weight excluding hydrogens is 306 g/mol. The van der Waals surface area contributed by atoms with Crippen molar-refractivity contribution in [3.63, 3.8) is 0 Å². The van der Waals surface area contributed by atoms with E-state index >= 15 is 0 Å². The maximum Gasteiger partial charge on any atom is 0.343 e. The van der Waals surface area contributed by atoms with Crippen molar-refractivity contribution in [2.45, 2.75) is 58.8 Å². The number of unbranched alkanes of at least 4 members (excludes halogenated alkanes) is 1. The van der Waals surface area contributed by atoms with Crippen LogP contribution in [-0.2, 0) is 16.6 Å². The molecule has 1 fully saturated rings. The van der Waals surface area contributed by atoms with Crippen LogP contribution in [0.5, 0.6) is 0 Å². The Bertz CT molecular complexity index is 560. The summed E-state index contributed by atoms with van der Waals surface area (Å²) in [7, 11) is 1.71. The van der Waals surface area contributed by atoms with E-state index in [4.69, 9.17) is 4.74 Å². The van der Waals surface area contributed by atoms with Gasteiger partial charge in [0, 0.05) is 13.0 Å². The first kappa shape index (κ1) is 18.5. The Balaban J connectivity index is 1.94. The molecule has 0 aliphatic heterocycles.